The number of nitrogens with zero attached hydrogens (tertiary/aromatic N) is 5. The van der Waals surface area contributed by atoms with Crippen molar-refractivity contribution in [1.82, 2.24) is 19.8 Å². The van der Waals surface area contributed by atoms with E-state index in [1.165, 1.54) is 48.1 Å². The molecule has 0 saturated carbocycles. The van der Waals surface area contributed by atoms with Crippen molar-refractivity contribution >= 4 is 16.7 Å². The summed E-state index contributed by atoms with van der Waals surface area (Å²) in [5, 5.41) is 10.3. The first-order chi connectivity index (χ1) is 14.8. The molecule has 2 fully saturated rings. The van der Waals surface area contributed by atoms with Gasteiger partial charge in [0.25, 0.3) is 0 Å². The third kappa shape index (κ3) is 4.18. The molecule has 2 aromatic heterocycles. The highest BCUT2D eigenvalue weighted by molar-refractivity contribution is 5.81. The van der Waals surface area contributed by atoms with E-state index in [-0.39, 0.29) is 0 Å². The largest absolute Gasteiger partial charge is 0.357 e. The molecule has 0 amide bonds. The van der Waals surface area contributed by atoms with Gasteiger partial charge in [-0.1, -0.05) is 6.07 Å². The Balaban J connectivity index is 1.19. The zero-order valence-corrected chi connectivity index (χ0v) is 17.3. The highest BCUT2D eigenvalue weighted by Gasteiger charge is 2.18. The Kier molecular flexibility index (Phi) is 5.39. The van der Waals surface area contributed by atoms with Gasteiger partial charge in [-0.15, -0.1) is 0 Å². The lowest BCUT2D eigenvalue weighted by Crippen LogP contribution is -2.46. The van der Waals surface area contributed by atoms with E-state index in [1.807, 2.05) is 12.1 Å². The summed E-state index contributed by atoms with van der Waals surface area (Å²) in [6.07, 6.45) is 4.32. The predicted octanol–water partition coefficient (Wildman–Crippen LogP) is 3.35. The average molecular weight is 401 g/mol. The first-order valence-electron chi connectivity index (χ1n) is 10.9. The number of nitrogens with one attached hydrogen (secondary N) is 1. The van der Waals surface area contributed by atoms with Gasteiger partial charge in [0.1, 0.15) is 11.9 Å². The third-order valence-corrected chi connectivity index (χ3v) is 6.31. The van der Waals surface area contributed by atoms with E-state index >= 15 is 0 Å². The lowest BCUT2D eigenvalue weighted by Gasteiger charge is -2.35. The van der Waals surface area contributed by atoms with Gasteiger partial charge in [0.05, 0.1) is 5.56 Å². The summed E-state index contributed by atoms with van der Waals surface area (Å²) in [5.74, 6) is 0.966. The van der Waals surface area contributed by atoms with Crippen LogP contribution in [0.3, 0.4) is 0 Å². The summed E-state index contributed by atoms with van der Waals surface area (Å²) >= 11 is 0. The van der Waals surface area contributed by atoms with Crippen LogP contribution < -0.4 is 4.90 Å². The van der Waals surface area contributed by atoms with Crippen LogP contribution >= 0.6 is 0 Å². The van der Waals surface area contributed by atoms with Crippen molar-refractivity contribution < 1.29 is 0 Å². The van der Waals surface area contributed by atoms with Crippen molar-refractivity contribution in [2.24, 2.45) is 0 Å². The number of anilines is 1. The normalized spacial score (nSPS) is 18.2. The second kappa shape index (κ2) is 8.47. The number of benzene rings is 1. The molecule has 0 unspecified atom stereocenters. The molecule has 1 N–H and O–H groups in total. The number of likely N-dealkylation sites (tertiary alicyclic amines) is 1. The molecular formula is C24H28N6. The first-order valence-corrected chi connectivity index (χ1v) is 10.9. The van der Waals surface area contributed by atoms with Crippen molar-refractivity contribution in [3.8, 4) is 6.07 Å². The molecule has 0 aliphatic carbocycles. The van der Waals surface area contributed by atoms with Crippen molar-refractivity contribution in [3.05, 3.63) is 59.4 Å². The van der Waals surface area contributed by atoms with E-state index in [9.17, 15) is 0 Å². The van der Waals surface area contributed by atoms with Gasteiger partial charge in [-0.2, -0.15) is 5.26 Å². The van der Waals surface area contributed by atoms with Crippen molar-refractivity contribution in [3.63, 3.8) is 0 Å². The van der Waals surface area contributed by atoms with E-state index in [2.05, 4.69) is 55.0 Å². The van der Waals surface area contributed by atoms with Gasteiger partial charge in [0.15, 0.2) is 0 Å². The number of pyridine rings is 1. The van der Waals surface area contributed by atoms with Gasteiger partial charge in [-0.25, -0.2) is 4.98 Å². The average Bonchev–Trinajstić information content (AvgIpc) is 3.44. The fraction of sp³-hybridized carbons (Fsp3) is 0.417. The zero-order chi connectivity index (χ0) is 20.3. The van der Waals surface area contributed by atoms with Crippen LogP contribution in [0.25, 0.3) is 10.9 Å². The number of hydrogen-bond donors (Lipinski definition) is 1. The standard InChI is InChI=1S/C24H28N6/c25-15-20-4-6-24(26-16-20)30-11-9-29(10-12-30)17-19-3-5-23-21(13-19)14-22(27-23)18-28-7-1-2-8-28/h3-6,13-14,16,27H,1-2,7-12,17-18H2. The highest BCUT2D eigenvalue weighted by Crippen LogP contribution is 2.21. The van der Waals surface area contributed by atoms with E-state index in [0.717, 1.165) is 45.1 Å². The summed E-state index contributed by atoms with van der Waals surface area (Å²) in [6, 6.07) is 15.1. The molecule has 4 heterocycles. The number of hydrogen-bond acceptors (Lipinski definition) is 5. The quantitative estimate of drug-likeness (QED) is 0.712. The molecule has 6 heteroatoms. The van der Waals surface area contributed by atoms with Gasteiger partial charge in [0.2, 0.25) is 0 Å². The van der Waals surface area contributed by atoms with Crippen molar-refractivity contribution in [1.29, 1.82) is 5.26 Å². The fourth-order valence-corrected chi connectivity index (χ4v) is 4.64. The summed E-state index contributed by atoms with van der Waals surface area (Å²) < 4.78 is 0. The Labute approximate surface area is 177 Å². The summed E-state index contributed by atoms with van der Waals surface area (Å²) in [6.45, 7) is 8.44. The lowest BCUT2D eigenvalue weighted by atomic mass is 10.1. The number of aromatic amines is 1. The first kappa shape index (κ1) is 19.1. The molecule has 2 saturated heterocycles. The van der Waals surface area contributed by atoms with E-state index < -0.39 is 0 Å². The minimum atomic E-state index is 0.612. The summed E-state index contributed by atoms with van der Waals surface area (Å²) in [7, 11) is 0. The molecular weight excluding hydrogens is 372 g/mol. The highest BCUT2D eigenvalue weighted by atomic mass is 15.3. The maximum Gasteiger partial charge on any atom is 0.128 e. The summed E-state index contributed by atoms with van der Waals surface area (Å²) in [4.78, 5) is 15.4. The van der Waals surface area contributed by atoms with E-state index in [0.29, 0.717) is 5.56 Å². The third-order valence-electron chi connectivity index (χ3n) is 6.31. The molecule has 1 aromatic carbocycles. The monoisotopic (exact) mass is 400 g/mol. The number of rotatable bonds is 5. The van der Waals surface area contributed by atoms with E-state index in [4.69, 9.17) is 5.26 Å². The smallest absolute Gasteiger partial charge is 0.128 e. The van der Waals surface area contributed by atoms with Crippen LogP contribution in [0, 0.1) is 11.3 Å². The molecule has 154 valence electrons. The Bertz CT molecular complexity index is 1030. The van der Waals surface area contributed by atoms with Gasteiger partial charge in [-0.3, -0.25) is 9.80 Å². The van der Waals surface area contributed by atoms with Crippen LogP contribution in [0.2, 0.25) is 0 Å². The van der Waals surface area contributed by atoms with Crippen LogP contribution in [-0.2, 0) is 13.1 Å². The topological polar surface area (TPSA) is 62.2 Å². The van der Waals surface area contributed by atoms with Gasteiger partial charge >= 0.3 is 0 Å². The fourth-order valence-electron chi connectivity index (χ4n) is 4.64. The minimum absolute atomic E-state index is 0.612. The number of piperazine rings is 1. The lowest BCUT2D eigenvalue weighted by molar-refractivity contribution is 0.249. The molecule has 6 nitrogen and oxygen atoms in total. The maximum atomic E-state index is 8.93. The van der Waals surface area contributed by atoms with Crippen LogP contribution in [0.4, 0.5) is 5.82 Å². The number of H-pyrrole nitrogens is 1. The molecule has 5 rings (SSSR count). The molecule has 30 heavy (non-hydrogen) atoms. The van der Waals surface area contributed by atoms with Crippen LogP contribution in [0.1, 0.15) is 29.7 Å². The molecule has 0 spiro atoms. The van der Waals surface area contributed by atoms with Crippen LogP contribution in [-0.4, -0.2) is 59.0 Å². The number of aromatic nitrogens is 2. The van der Waals surface area contributed by atoms with Gasteiger partial charge < -0.3 is 9.88 Å². The number of fused-ring (bicyclic) bond motifs is 1. The number of nitriles is 1. The molecule has 2 aliphatic rings. The van der Waals surface area contributed by atoms with E-state index in [1.54, 1.807) is 6.20 Å². The van der Waals surface area contributed by atoms with Crippen LogP contribution in [0.15, 0.2) is 42.6 Å². The Hall–Kier alpha value is -2.88. The van der Waals surface area contributed by atoms with Crippen LogP contribution in [0.5, 0.6) is 0 Å². The Morgan fingerprint density at radius 1 is 0.900 bits per heavy atom. The minimum Gasteiger partial charge on any atom is -0.357 e. The second-order valence-electron chi connectivity index (χ2n) is 8.48. The SMILES string of the molecule is N#Cc1ccc(N2CCN(Cc3ccc4[nH]c(CN5CCCC5)cc4c3)CC2)nc1. The maximum absolute atomic E-state index is 8.93. The zero-order valence-electron chi connectivity index (χ0n) is 17.3. The summed E-state index contributed by atoms with van der Waals surface area (Å²) in [5.41, 5.74) is 4.55. The van der Waals surface area contributed by atoms with Gasteiger partial charge in [0, 0.05) is 62.1 Å². The Morgan fingerprint density at radius 3 is 2.43 bits per heavy atom. The molecule has 0 bridgehead atoms. The molecule has 2 aliphatic heterocycles. The molecule has 0 atom stereocenters. The van der Waals surface area contributed by atoms with Gasteiger partial charge in [-0.05, 0) is 61.8 Å². The molecule has 0 radical (unpaired) electrons. The Morgan fingerprint density at radius 2 is 1.70 bits per heavy atom. The second-order valence-corrected chi connectivity index (χ2v) is 8.48. The predicted molar refractivity (Wildman–Crippen MR) is 119 cm³/mol. The van der Waals surface area contributed by atoms with Crippen molar-refractivity contribution in [2.45, 2.75) is 25.9 Å². The molecule has 3 aromatic rings. The van der Waals surface area contributed by atoms with Crippen molar-refractivity contribution in [2.75, 3.05) is 44.2 Å².